The van der Waals surface area contributed by atoms with Gasteiger partial charge in [0.15, 0.2) is 4.32 Å². The number of hydrogen-bond acceptors (Lipinski definition) is 4. The molecule has 1 aromatic heterocycles. The van der Waals surface area contributed by atoms with Crippen LogP contribution in [0.2, 0.25) is 0 Å². The van der Waals surface area contributed by atoms with Gasteiger partial charge in [0.05, 0.1) is 16.3 Å². The van der Waals surface area contributed by atoms with Gasteiger partial charge in [-0.05, 0) is 42.8 Å². The molecule has 1 saturated heterocycles. The van der Waals surface area contributed by atoms with Gasteiger partial charge in [0, 0.05) is 11.5 Å². The molecule has 0 aliphatic carbocycles. The number of benzene rings is 2. The van der Waals surface area contributed by atoms with Crippen LogP contribution in [-0.4, -0.2) is 19.6 Å². The summed E-state index contributed by atoms with van der Waals surface area (Å²) < 4.78 is 4.60. The van der Waals surface area contributed by atoms with Crippen molar-refractivity contribution in [3.8, 4) is 5.69 Å². The number of nitrogens with zero attached hydrogens (tertiary/aromatic N) is 3. The molecule has 4 rings (SSSR count). The van der Waals surface area contributed by atoms with Gasteiger partial charge in [-0.1, -0.05) is 70.2 Å². The third-order valence-electron chi connectivity index (χ3n) is 4.71. The zero-order chi connectivity index (χ0) is 20.7. The van der Waals surface area contributed by atoms with Gasteiger partial charge in [0.25, 0.3) is 11.5 Å². The zero-order valence-electron chi connectivity index (χ0n) is 15.6. The Bertz CT molecular complexity index is 1210. The van der Waals surface area contributed by atoms with Crippen LogP contribution in [0.25, 0.3) is 11.8 Å². The van der Waals surface area contributed by atoms with Gasteiger partial charge in [-0.25, -0.2) is 4.68 Å². The Labute approximate surface area is 185 Å². The molecule has 146 valence electrons. The van der Waals surface area contributed by atoms with E-state index in [0.717, 1.165) is 15.7 Å². The van der Waals surface area contributed by atoms with Crippen molar-refractivity contribution < 1.29 is 4.79 Å². The minimum absolute atomic E-state index is 0.280. The Morgan fingerprint density at radius 2 is 1.69 bits per heavy atom. The normalized spacial score (nSPS) is 15.6. The average Bonchev–Trinajstić information content (AvgIpc) is 3.10. The van der Waals surface area contributed by atoms with Crippen LogP contribution < -0.4 is 10.5 Å². The standard InChI is InChI=1S/C21H16BrN3O2S2/c1-13-18(20(27)25(23(13)2)16-6-4-3-5-7-16)24-19(26)17(29-21(24)28)12-14-8-10-15(22)11-9-14/h3-12H,1-2H3/b17-12+. The molecule has 1 aliphatic rings. The SMILES string of the molecule is Cc1c(N2C(=O)/C(=C\c3ccc(Br)cc3)SC2=S)c(=O)n(-c2ccccc2)n1C. The van der Waals surface area contributed by atoms with Crippen molar-refractivity contribution in [1.29, 1.82) is 0 Å². The molecule has 1 amide bonds. The number of amides is 1. The molecular formula is C21H16BrN3O2S2. The summed E-state index contributed by atoms with van der Waals surface area (Å²) in [5.74, 6) is -0.283. The first-order chi connectivity index (χ1) is 13.9. The smallest absolute Gasteiger partial charge is 0.283 e. The molecule has 2 aromatic carbocycles. The summed E-state index contributed by atoms with van der Waals surface area (Å²) in [6, 6.07) is 17.0. The molecule has 0 bridgehead atoms. The first kappa shape index (κ1) is 19.9. The number of thiocarbonyl (C=S) groups is 1. The van der Waals surface area contributed by atoms with Crippen LogP contribution in [0.3, 0.4) is 0 Å². The van der Waals surface area contributed by atoms with Gasteiger partial charge in [0.2, 0.25) is 0 Å². The average molecular weight is 486 g/mol. The minimum Gasteiger partial charge on any atom is -0.283 e. The number of thioether (sulfide) groups is 1. The van der Waals surface area contributed by atoms with Crippen LogP contribution in [0, 0.1) is 6.92 Å². The van der Waals surface area contributed by atoms with Gasteiger partial charge >= 0.3 is 0 Å². The zero-order valence-corrected chi connectivity index (χ0v) is 18.8. The number of hydrogen-bond donors (Lipinski definition) is 0. The Morgan fingerprint density at radius 1 is 1.03 bits per heavy atom. The van der Waals surface area contributed by atoms with E-state index < -0.39 is 0 Å². The van der Waals surface area contributed by atoms with Gasteiger partial charge in [-0.15, -0.1) is 0 Å². The van der Waals surface area contributed by atoms with E-state index in [1.807, 2.05) is 61.5 Å². The number of carbonyl (C=O) groups is 1. The molecule has 0 spiro atoms. The van der Waals surface area contributed by atoms with Crippen LogP contribution >= 0.6 is 39.9 Å². The van der Waals surface area contributed by atoms with E-state index in [1.165, 1.54) is 16.7 Å². The molecule has 1 fully saturated rings. The molecule has 8 heteroatoms. The van der Waals surface area contributed by atoms with Crippen molar-refractivity contribution in [2.24, 2.45) is 7.05 Å². The highest BCUT2D eigenvalue weighted by molar-refractivity contribution is 9.10. The van der Waals surface area contributed by atoms with Gasteiger partial charge in [-0.2, -0.15) is 0 Å². The fourth-order valence-corrected chi connectivity index (χ4v) is 4.72. The molecule has 0 unspecified atom stereocenters. The van der Waals surface area contributed by atoms with Crippen molar-refractivity contribution in [3.05, 3.63) is 85.6 Å². The predicted molar refractivity (Wildman–Crippen MR) is 126 cm³/mol. The van der Waals surface area contributed by atoms with Crippen molar-refractivity contribution in [3.63, 3.8) is 0 Å². The van der Waals surface area contributed by atoms with Crippen LogP contribution in [0.5, 0.6) is 0 Å². The number of carbonyl (C=O) groups excluding carboxylic acids is 1. The van der Waals surface area contributed by atoms with E-state index in [9.17, 15) is 9.59 Å². The fourth-order valence-electron chi connectivity index (χ4n) is 3.18. The number of para-hydroxylation sites is 1. The van der Waals surface area contributed by atoms with Crippen molar-refractivity contribution in [2.75, 3.05) is 4.90 Å². The summed E-state index contributed by atoms with van der Waals surface area (Å²) >= 11 is 10.1. The summed E-state index contributed by atoms with van der Waals surface area (Å²) in [6.07, 6.45) is 1.79. The second kappa shape index (κ2) is 7.78. The molecule has 2 heterocycles. The lowest BCUT2D eigenvalue weighted by Crippen LogP contribution is -2.33. The second-order valence-electron chi connectivity index (χ2n) is 6.48. The molecule has 0 saturated carbocycles. The van der Waals surface area contributed by atoms with E-state index in [2.05, 4.69) is 15.9 Å². The number of anilines is 1. The van der Waals surface area contributed by atoms with Crippen molar-refractivity contribution >= 4 is 61.9 Å². The van der Waals surface area contributed by atoms with E-state index in [-0.39, 0.29) is 17.2 Å². The molecule has 5 nitrogen and oxygen atoms in total. The van der Waals surface area contributed by atoms with Crippen molar-refractivity contribution in [2.45, 2.75) is 6.92 Å². The number of halogens is 1. The quantitative estimate of drug-likeness (QED) is 0.400. The fraction of sp³-hybridized carbons (Fsp3) is 0.0952. The minimum atomic E-state index is -0.283. The summed E-state index contributed by atoms with van der Waals surface area (Å²) in [5.41, 5.74) is 2.29. The van der Waals surface area contributed by atoms with Gasteiger partial charge in [-0.3, -0.25) is 19.2 Å². The predicted octanol–water partition coefficient (Wildman–Crippen LogP) is 4.65. The first-order valence-electron chi connectivity index (χ1n) is 8.76. The lowest BCUT2D eigenvalue weighted by Gasteiger charge is -2.12. The third-order valence-corrected chi connectivity index (χ3v) is 6.54. The lowest BCUT2D eigenvalue weighted by atomic mass is 10.2. The van der Waals surface area contributed by atoms with Gasteiger partial charge in [0.1, 0.15) is 5.69 Å². The summed E-state index contributed by atoms with van der Waals surface area (Å²) in [6.45, 7) is 1.81. The molecule has 3 aromatic rings. The molecule has 0 N–H and O–H groups in total. The molecular weight excluding hydrogens is 470 g/mol. The Morgan fingerprint density at radius 3 is 2.34 bits per heavy atom. The topological polar surface area (TPSA) is 47.2 Å². The molecule has 1 aliphatic heterocycles. The second-order valence-corrected chi connectivity index (χ2v) is 9.07. The summed E-state index contributed by atoms with van der Waals surface area (Å²) in [5, 5.41) is 0. The number of rotatable bonds is 3. The van der Waals surface area contributed by atoms with Crippen LogP contribution in [0.1, 0.15) is 11.3 Å². The van der Waals surface area contributed by atoms with E-state index in [0.29, 0.717) is 14.9 Å². The maximum atomic E-state index is 13.2. The Kier molecular flexibility index (Phi) is 5.33. The number of aromatic nitrogens is 2. The third kappa shape index (κ3) is 3.52. The van der Waals surface area contributed by atoms with Crippen LogP contribution in [-0.2, 0) is 11.8 Å². The molecule has 0 radical (unpaired) electrons. The summed E-state index contributed by atoms with van der Waals surface area (Å²) in [7, 11) is 1.79. The maximum absolute atomic E-state index is 13.2. The summed E-state index contributed by atoms with van der Waals surface area (Å²) in [4.78, 5) is 28.2. The Balaban J connectivity index is 1.78. The highest BCUT2D eigenvalue weighted by Crippen LogP contribution is 2.36. The van der Waals surface area contributed by atoms with Crippen molar-refractivity contribution in [1.82, 2.24) is 9.36 Å². The molecule has 29 heavy (non-hydrogen) atoms. The largest absolute Gasteiger partial charge is 0.296 e. The van der Waals surface area contributed by atoms with E-state index in [1.54, 1.807) is 22.5 Å². The molecule has 0 atom stereocenters. The first-order valence-corrected chi connectivity index (χ1v) is 10.8. The Hall–Kier alpha value is -2.42. The van der Waals surface area contributed by atoms with E-state index >= 15 is 0 Å². The highest BCUT2D eigenvalue weighted by Gasteiger charge is 2.37. The van der Waals surface area contributed by atoms with Crippen LogP contribution in [0.15, 0.2) is 68.8 Å². The van der Waals surface area contributed by atoms with E-state index in [4.69, 9.17) is 12.2 Å². The monoisotopic (exact) mass is 485 g/mol. The van der Waals surface area contributed by atoms with Gasteiger partial charge < -0.3 is 0 Å². The highest BCUT2D eigenvalue weighted by atomic mass is 79.9. The maximum Gasteiger partial charge on any atom is 0.296 e. The van der Waals surface area contributed by atoms with Crippen LogP contribution in [0.4, 0.5) is 5.69 Å². The lowest BCUT2D eigenvalue weighted by molar-refractivity contribution is -0.113.